The number of aliphatic imine (C=N–C) groups is 1. The van der Waals surface area contributed by atoms with Crippen LogP contribution in [0.5, 0.6) is 5.75 Å². The summed E-state index contributed by atoms with van der Waals surface area (Å²) >= 11 is 0. The molecule has 0 unspecified atom stereocenters. The van der Waals surface area contributed by atoms with Gasteiger partial charge < -0.3 is 27.4 Å². The summed E-state index contributed by atoms with van der Waals surface area (Å²) in [6.07, 6.45) is 3.55. The summed E-state index contributed by atoms with van der Waals surface area (Å²) in [5.74, 6) is 6.70. The Morgan fingerprint density at radius 2 is 2.08 bits per heavy atom. The standard InChI is InChI=1S/C16H21N7O/c1-24-13-5-3-2-4-12(13)21-9-10(8-17)6-11-7-14(18)22-16(23-20)15(11)19/h2-5,7-9H,6,17,19-20H2,1H3,(H3,18,22,23). The number of rotatable bonds is 6. The normalized spacial score (nSPS) is 11.7. The molecule has 0 amide bonds. The smallest absolute Gasteiger partial charge is 0.165 e. The first-order valence-corrected chi connectivity index (χ1v) is 7.18. The number of benzene rings is 1. The van der Waals surface area contributed by atoms with Crippen molar-refractivity contribution in [3.8, 4) is 5.75 Å². The summed E-state index contributed by atoms with van der Waals surface area (Å²) in [7, 11) is 1.59. The number of nitrogens with one attached hydrogen (secondary N) is 1. The average molecular weight is 327 g/mol. The van der Waals surface area contributed by atoms with E-state index in [-0.39, 0.29) is 0 Å². The van der Waals surface area contributed by atoms with E-state index in [9.17, 15) is 0 Å². The van der Waals surface area contributed by atoms with Crippen LogP contribution in [0.15, 0.2) is 47.1 Å². The largest absolute Gasteiger partial charge is 0.494 e. The lowest BCUT2D eigenvalue weighted by atomic mass is 10.1. The summed E-state index contributed by atoms with van der Waals surface area (Å²) in [5, 5.41) is 0. The monoisotopic (exact) mass is 327 g/mol. The summed E-state index contributed by atoms with van der Waals surface area (Å²) in [4.78, 5) is 8.43. The van der Waals surface area contributed by atoms with Gasteiger partial charge in [-0.1, -0.05) is 12.1 Å². The van der Waals surface area contributed by atoms with E-state index in [1.54, 1.807) is 19.4 Å². The van der Waals surface area contributed by atoms with E-state index in [0.29, 0.717) is 35.2 Å². The minimum atomic E-state index is 0.310. The quantitative estimate of drug-likeness (QED) is 0.305. The molecule has 1 heterocycles. The van der Waals surface area contributed by atoms with Gasteiger partial charge in [-0.05, 0) is 35.5 Å². The SMILES string of the molecule is COc1ccccc1N=CC(=CN)Cc1cc(N)nc(NN)c1N. The first-order chi connectivity index (χ1) is 11.6. The second kappa shape index (κ2) is 7.84. The van der Waals surface area contributed by atoms with Gasteiger partial charge in [-0.3, -0.25) is 4.99 Å². The fraction of sp³-hybridized carbons (Fsp3) is 0.125. The molecule has 1 aromatic heterocycles. The minimum Gasteiger partial charge on any atom is -0.494 e. The summed E-state index contributed by atoms with van der Waals surface area (Å²) in [5.41, 5.74) is 22.5. The van der Waals surface area contributed by atoms with Crippen molar-refractivity contribution in [3.63, 3.8) is 0 Å². The van der Waals surface area contributed by atoms with Crippen LogP contribution in [-0.2, 0) is 6.42 Å². The molecule has 2 rings (SSSR count). The van der Waals surface area contributed by atoms with Gasteiger partial charge in [0.15, 0.2) is 5.82 Å². The topological polar surface area (TPSA) is 151 Å². The highest BCUT2D eigenvalue weighted by Crippen LogP contribution is 2.27. The van der Waals surface area contributed by atoms with Crippen molar-refractivity contribution in [1.82, 2.24) is 4.98 Å². The second-order valence-corrected chi connectivity index (χ2v) is 4.96. The van der Waals surface area contributed by atoms with Gasteiger partial charge in [-0.2, -0.15) is 0 Å². The van der Waals surface area contributed by atoms with Gasteiger partial charge in [-0.25, -0.2) is 10.8 Å². The van der Waals surface area contributed by atoms with E-state index >= 15 is 0 Å². The maximum absolute atomic E-state index is 6.03. The van der Waals surface area contributed by atoms with E-state index < -0.39 is 0 Å². The molecule has 0 radical (unpaired) electrons. The van der Waals surface area contributed by atoms with Crippen molar-refractivity contribution in [1.29, 1.82) is 0 Å². The van der Waals surface area contributed by atoms with E-state index in [0.717, 1.165) is 11.1 Å². The number of allylic oxidation sites excluding steroid dienone is 1. The molecule has 9 N–H and O–H groups in total. The van der Waals surface area contributed by atoms with E-state index in [1.165, 1.54) is 6.20 Å². The Morgan fingerprint density at radius 3 is 2.75 bits per heavy atom. The third-order valence-electron chi connectivity index (χ3n) is 3.36. The lowest BCUT2D eigenvalue weighted by molar-refractivity contribution is 0.416. The van der Waals surface area contributed by atoms with Crippen molar-refractivity contribution in [3.05, 3.63) is 47.7 Å². The third-order valence-corrected chi connectivity index (χ3v) is 3.36. The molecule has 0 atom stereocenters. The van der Waals surface area contributed by atoms with Gasteiger partial charge >= 0.3 is 0 Å². The highest BCUT2D eigenvalue weighted by Gasteiger charge is 2.09. The summed E-state index contributed by atoms with van der Waals surface area (Å²) in [6, 6.07) is 9.11. The van der Waals surface area contributed by atoms with Crippen molar-refractivity contribution < 1.29 is 4.74 Å². The number of hydrogen-bond acceptors (Lipinski definition) is 8. The van der Waals surface area contributed by atoms with Gasteiger partial charge in [0.05, 0.1) is 12.8 Å². The fourth-order valence-corrected chi connectivity index (χ4v) is 2.14. The van der Waals surface area contributed by atoms with Crippen molar-refractivity contribution in [2.45, 2.75) is 6.42 Å². The fourth-order valence-electron chi connectivity index (χ4n) is 2.14. The van der Waals surface area contributed by atoms with Gasteiger partial charge in [0.1, 0.15) is 17.3 Å². The van der Waals surface area contributed by atoms with Gasteiger partial charge in [0.25, 0.3) is 0 Å². The van der Waals surface area contributed by atoms with Crippen molar-refractivity contribution >= 4 is 29.2 Å². The molecule has 8 nitrogen and oxygen atoms in total. The Labute approximate surface area is 140 Å². The Morgan fingerprint density at radius 1 is 1.33 bits per heavy atom. The summed E-state index contributed by atoms with van der Waals surface area (Å²) in [6.45, 7) is 0. The molecule has 0 saturated heterocycles. The lowest BCUT2D eigenvalue weighted by Crippen LogP contribution is -2.14. The number of aromatic nitrogens is 1. The minimum absolute atomic E-state index is 0.310. The Bertz CT molecular complexity index is 771. The molecule has 0 aliphatic rings. The number of ether oxygens (including phenoxy) is 1. The van der Waals surface area contributed by atoms with E-state index in [2.05, 4.69) is 15.4 Å². The molecular formula is C16H21N7O. The summed E-state index contributed by atoms with van der Waals surface area (Å²) < 4.78 is 5.26. The third kappa shape index (κ3) is 3.93. The number of nitrogens with two attached hydrogens (primary N) is 4. The van der Waals surface area contributed by atoms with E-state index in [4.69, 9.17) is 27.8 Å². The van der Waals surface area contributed by atoms with Crippen LogP contribution in [-0.4, -0.2) is 18.3 Å². The zero-order valence-corrected chi connectivity index (χ0v) is 13.4. The molecular weight excluding hydrogens is 306 g/mol. The number of hydrazine groups is 1. The Balaban J connectivity index is 2.25. The Kier molecular flexibility index (Phi) is 5.58. The number of pyridine rings is 1. The maximum Gasteiger partial charge on any atom is 0.165 e. The van der Waals surface area contributed by atoms with E-state index in [1.807, 2.05) is 24.3 Å². The van der Waals surface area contributed by atoms with Crippen LogP contribution in [0.4, 0.5) is 23.0 Å². The van der Waals surface area contributed by atoms with Crippen LogP contribution in [0.1, 0.15) is 5.56 Å². The van der Waals surface area contributed by atoms with Gasteiger partial charge in [-0.15, -0.1) is 0 Å². The maximum atomic E-state index is 6.03. The van der Waals surface area contributed by atoms with Gasteiger partial charge in [0, 0.05) is 12.6 Å². The molecule has 8 heteroatoms. The number of anilines is 3. The second-order valence-electron chi connectivity index (χ2n) is 4.96. The first kappa shape index (κ1) is 17.1. The Hall–Kier alpha value is -3.26. The zero-order chi connectivity index (χ0) is 17.5. The average Bonchev–Trinajstić information content (AvgIpc) is 2.61. The number of nitrogen functional groups attached to an aromatic ring is 3. The molecule has 0 aliphatic carbocycles. The van der Waals surface area contributed by atoms with Crippen molar-refractivity contribution in [2.75, 3.05) is 24.0 Å². The number of hydrogen-bond donors (Lipinski definition) is 5. The highest BCUT2D eigenvalue weighted by molar-refractivity contribution is 5.83. The first-order valence-electron chi connectivity index (χ1n) is 7.18. The highest BCUT2D eigenvalue weighted by atomic mass is 16.5. The lowest BCUT2D eigenvalue weighted by Gasteiger charge is -2.11. The molecule has 0 aliphatic heterocycles. The molecule has 2 aromatic rings. The number of methoxy groups -OCH3 is 1. The molecule has 24 heavy (non-hydrogen) atoms. The van der Waals surface area contributed by atoms with Crippen LogP contribution < -0.4 is 33.2 Å². The molecule has 1 aromatic carbocycles. The van der Waals surface area contributed by atoms with Crippen molar-refractivity contribution in [2.24, 2.45) is 16.6 Å². The van der Waals surface area contributed by atoms with Crippen LogP contribution in [0.2, 0.25) is 0 Å². The predicted octanol–water partition coefficient (Wildman–Crippen LogP) is 1.33. The van der Waals surface area contributed by atoms with Crippen LogP contribution in [0, 0.1) is 0 Å². The van der Waals surface area contributed by atoms with Gasteiger partial charge in [0.2, 0.25) is 0 Å². The van der Waals surface area contributed by atoms with Crippen LogP contribution in [0.3, 0.4) is 0 Å². The molecule has 0 fully saturated rings. The molecule has 0 bridgehead atoms. The van der Waals surface area contributed by atoms with Crippen LogP contribution >= 0.6 is 0 Å². The zero-order valence-electron chi connectivity index (χ0n) is 13.4. The van der Waals surface area contributed by atoms with Crippen LogP contribution in [0.25, 0.3) is 0 Å². The predicted molar refractivity (Wildman–Crippen MR) is 98.0 cm³/mol. The molecule has 0 saturated carbocycles. The number of nitrogens with zero attached hydrogens (tertiary/aromatic N) is 2. The molecule has 0 spiro atoms. The number of para-hydroxylation sites is 2. The molecule has 126 valence electrons.